The van der Waals surface area contributed by atoms with E-state index >= 15 is 0 Å². The molecule has 0 amide bonds. The van der Waals surface area contributed by atoms with Gasteiger partial charge < -0.3 is 10.3 Å². The Morgan fingerprint density at radius 3 is 2.57 bits per heavy atom. The molecule has 0 aliphatic carbocycles. The van der Waals surface area contributed by atoms with Gasteiger partial charge in [0.25, 0.3) is 0 Å². The van der Waals surface area contributed by atoms with Crippen molar-refractivity contribution in [1.29, 1.82) is 0 Å². The second kappa shape index (κ2) is 4.13. The Balaban J connectivity index is 2.50. The molecule has 1 aromatic rings. The zero-order chi connectivity index (χ0) is 10.8. The molecular weight excluding hydrogens is 174 g/mol. The molecule has 0 saturated heterocycles. The molecule has 0 aliphatic rings. The minimum absolute atomic E-state index is 0.205. The fourth-order valence-corrected chi connectivity index (χ4v) is 1.69. The molecule has 1 heterocycles. The van der Waals surface area contributed by atoms with E-state index in [4.69, 9.17) is 5.73 Å². The summed E-state index contributed by atoms with van der Waals surface area (Å²) in [6.45, 7) is 6.64. The fraction of sp³-hybridized carbons (Fsp3) is 0.727. The Labute approximate surface area is 86.3 Å². The summed E-state index contributed by atoms with van der Waals surface area (Å²) in [5, 5.41) is 0. The quantitative estimate of drug-likeness (QED) is 0.798. The van der Waals surface area contributed by atoms with Crippen LogP contribution in [0.5, 0.6) is 0 Å². The molecule has 0 aromatic carbocycles. The lowest BCUT2D eigenvalue weighted by Gasteiger charge is -2.22. The summed E-state index contributed by atoms with van der Waals surface area (Å²) >= 11 is 0. The van der Waals surface area contributed by atoms with Crippen molar-refractivity contribution >= 4 is 0 Å². The number of nitrogens with two attached hydrogens (primary N) is 1. The van der Waals surface area contributed by atoms with E-state index in [1.54, 1.807) is 0 Å². The third-order valence-corrected chi connectivity index (χ3v) is 2.24. The number of aryl methyl sites for hydroxylation is 1. The first kappa shape index (κ1) is 11.2. The molecule has 80 valence electrons. The average Bonchev–Trinajstić information content (AvgIpc) is 2.32. The molecule has 0 bridgehead atoms. The van der Waals surface area contributed by atoms with Gasteiger partial charge in [-0.1, -0.05) is 20.8 Å². The van der Waals surface area contributed by atoms with E-state index in [1.165, 1.54) is 0 Å². The SMILES string of the molecule is Cn1ccnc1CC(N)CC(C)(C)C. The lowest BCUT2D eigenvalue weighted by Crippen LogP contribution is -2.29. The number of imidazole rings is 1. The molecular formula is C11H21N3. The van der Waals surface area contributed by atoms with Gasteiger partial charge in [-0.25, -0.2) is 4.98 Å². The van der Waals surface area contributed by atoms with Gasteiger partial charge in [0.05, 0.1) is 0 Å². The van der Waals surface area contributed by atoms with Crippen molar-refractivity contribution in [1.82, 2.24) is 9.55 Å². The van der Waals surface area contributed by atoms with E-state index < -0.39 is 0 Å². The summed E-state index contributed by atoms with van der Waals surface area (Å²) in [6.07, 6.45) is 5.67. The number of hydrogen-bond acceptors (Lipinski definition) is 2. The Hall–Kier alpha value is -0.830. The second-order valence-electron chi connectivity index (χ2n) is 5.18. The van der Waals surface area contributed by atoms with Crippen LogP contribution in [0.4, 0.5) is 0 Å². The van der Waals surface area contributed by atoms with Crippen molar-refractivity contribution in [3.05, 3.63) is 18.2 Å². The maximum atomic E-state index is 6.07. The summed E-state index contributed by atoms with van der Waals surface area (Å²) in [7, 11) is 2.01. The summed E-state index contributed by atoms with van der Waals surface area (Å²) in [4.78, 5) is 4.27. The van der Waals surface area contributed by atoms with Crippen LogP contribution in [-0.4, -0.2) is 15.6 Å². The van der Waals surface area contributed by atoms with Gasteiger partial charge in [-0.05, 0) is 11.8 Å². The lowest BCUT2D eigenvalue weighted by atomic mass is 9.87. The third kappa shape index (κ3) is 3.50. The van der Waals surface area contributed by atoms with E-state index in [0.717, 1.165) is 18.7 Å². The molecule has 14 heavy (non-hydrogen) atoms. The summed E-state index contributed by atoms with van der Waals surface area (Å²) in [6, 6.07) is 0.205. The maximum absolute atomic E-state index is 6.07. The number of rotatable bonds is 3. The molecule has 3 heteroatoms. The van der Waals surface area contributed by atoms with Gasteiger partial charge in [-0.15, -0.1) is 0 Å². The largest absolute Gasteiger partial charge is 0.338 e. The van der Waals surface area contributed by atoms with Crippen LogP contribution < -0.4 is 5.73 Å². The molecule has 1 unspecified atom stereocenters. The Kier molecular flexibility index (Phi) is 3.32. The van der Waals surface area contributed by atoms with Gasteiger partial charge in [0.15, 0.2) is 0 Å². The van der Waals surface area contributed by atoms with Crippen LogP contribution in [0.15, 0.2) is 12.4 Å². The zero-order valence-corrected chi connectivity index (χ0v) is 9.62. The highest BCUT2D eigenvalue weighted by Gasteiger charge is 2.16. The molecule has 3 nitrogen and oxygen atoms in total. The molecule has 0 fully saturated rings. The van der Waals surface area contributed by atoms with Crippen molar-refractivity contribution < 1.29 is 0 Å². The molecule has 1 aromatic heterocycles. The van der Waals surface area contributed by atoms with Crippen LogP contribution in [0.3, 0.4) is 0 Å². The van der Waals surface area contributed by atoms with Crippen molar-refractivity contribution in [3.63, 3.8) is 0 Å². The number of nitrogens with zero attached hydrogens (tertiary/aromatic N) is 2. The standard InChI is InChI=1S/C11H21N3/c1-11(2,3)8-9(12)7-10-13-5-6-14(10)4/h5-6,9H,7-8,12H2,1-4H3. The van der Waals surface area contributed by atoms with Crippen LogP contribution in [0.25, 0.3) is 0 Å². The maximum Gasteiger partial charge on any atom is 0.109 e. The van der Waals surface area contributed by atoms with Crippen molar-refractivity contribution in [2.24, 2.45) is 18.2 Å². The number of hydrogen-bond donors (Lipinski definition) is 1. The average molecular weight is 195 g/mol. The zero-order valence-electron chi connectivity index (χ0n) is 9.62. The molecule has 1 atom stereocenters. The van der Waals surface area contributed by atoms with Gasteiger partial charge in [-0.2, -0.15) is 0 Å². The molecule has 0 spiro atoms. The fourth-order valence-electron chi connectivity index (χ4n) is 1.69. The lowest BCUT2D eigenvalue weighted by molar-refractivity contribution is 0.335. The van der Waals surface area contributed by atoms with Gasteiger partial charge >= 0.3 is 0 Å². The minimum Gasteiger partial charge on any atom is -0.338 e. The van der Waals surface area contributed by atoms with Crippen molar-refractivity contribution in [2.75, 3.05) is 0 Å². The van der Waals surface area contributed by atoms with E-state index in [9.17, 15) is 0 Å². The Bertz CT molecular complexity index is 283. The Morgan fingerprint density at radius 2 is 2.14 bits per heavy atom. The molecule has 0 saturated carbocycles. The van der Waals surface area contributed by atoms with Crippen LogP contribution in [-0.2, 0) is 13.5 Å². The molecule has 0 radical (unpaired) electrons. The van der Waals surface area contributed by atoms with Crippen LogP contribution in [0.1, 0.15) is 33.0 Å². The predicted molar refractivity (Wildman–Crippen MR) is 59.0 cm³/mol. The first-order chi connectivity index (χ1) is 6.38. The second-order valence-corrected chi connectivity index (χ2v) is 5.18. The third-order valence-electron chi connectivity index (χ3n) is 2.24. The highest BCUT2D eigenvalue weighted by Crippen LogP contribution is 2.21. The topological polar surface area (TPSA) is 43.8 Å². The predicted octanol–water partition coefficient (Wildman–Crippen LogP) is 1.73. The van der Waals surface area contributed by atoms with Gasteiger partial charge in [0.2, 0.25) is 0 Å². The highest BCUT2D eigenvalue weighted by atomic mass is 15.0. The normalized spacial score (nSPS) is 14.4. The van der Waals surface area contributed by atoms with Crippen molar-refractivity contribution in [2.45, 2.75) is 39.7 Å². The molecule has 0 aliphatic heterocycles. The number of aromatic nitrogens is 2. The monoisotopic (exact) mass is 195 g/mol. The summed E-state index contributed by atoms with van der Waals surface area (Å²) in [5.74, 6) is 1.07. The van der Waals surface area contributed by atoms with Crippen molar-refractivity contribution in [3.8, 4) is 0 Å². The van der Waals surface area contributed by atoms with Crippen LogP contribution in [0, 0.1) is 5.41 Å². The summed E-state index contributed by atoms with van der Waals surface area (Å²) in [5.41, 5.74) is 6.36. The van der Waals surface area contributed by atoms with Gasteiger partial charge in [0, 0.05) is 31.9 Å². The minimum atomic E-state index is 0.205. The summed E-state index contributed by atoms with van der Waals surface area (Å²) < 4.78 is 2.03. The first-order valence-electron chi connectivity index (χ1n) is 5.10. The Morgan fingerprint density at radius 1 is 1.50 bits per heavy atom. The first-order valence-corrected chi connectivity index (χ1v) is 5.10. The van der Waals surface area contributed by atoms with Crippen LogP contribution in [0.2, 0.25) is 0 Å². The van der Waals surface area contributed by atoms with Gasteiger partial charge in [-0.3, -0.25) is 0 Å². The smallest absolute Gasteiger partial charge is 0.109 e. The van der Waals surface area contributed by atoms with E-state index in [0.29, 0.717) is 5.41 Å². The van der Waals surface area contributed by atoms with Crippen LogP contribution >= 0.6 is 0 Å². The van der Waals surface area contributed by atoms with E-state index in [-0.39, 0.29) is 6.04 Å². The van der Waals surface area contributed by atoms with E-state index in [1.807, 2.05) is 24.0 Å². The van der Waals surface area contributed by atoms with Gasteiger partial charge in [0.1, 0.15) is 5.82 Å². The highest BCUT2D eigenvalue weighted by molar-refractivity contribution is 4.94. The van der Waals surface area contributed by atoms with E-state index in [2.05, 4.69) is 25.8 Å². The molecule has 2 N–H and O–H groups in total. The molecule has 1 rings (SSSR count).